The third-order valence-electron chi connectivity index (χ3n) is 5.10. The summed E-state index contributed by atoms with van der Waals surface area (Å²) in [5.41, 5.74) is 5.09. The third kappa shape index (κ3) is 3.63. The van der Waals surface area contributed by atoms with Crippen LogP contribution in [0.25, 0.3) is 0 Å². The Morgan fingerprint density at radius 1 is 1.00 bits per heavy atom. The summed E-state index contributed by atoms with van der Waals surface area (Å²) >= 11 is 0. The lowest BCUT2D eigenvalue weighted by Gasteiger charge is -2.37. The Labute approximate surface area is 155 Å². The summed E-state index contributed by atoms with van der Waals surface area (Å²) in [6.45, 7) is 8.78. The van der Waals surface area contributed by atoms with E-state index in [-0.39, 0.29) is 11.9 Å². The van der Waals surface area contributed by atoms with Gasteiger partial charge in [-0.05, 0) is 37.5 Å². The number of nitriles is 1. The minimum atomic E-state index is -0.253. The Bertz CT molecular complexity index is 807. The van der Waals surface area contributed by atoms with Gasteiger partial charge in [0, 0.05) is 31.7 Å². The summed E-state index contributed by atoms with van der Waals surface area (Å²) in [6.07, 6.45) is 0. The van der Waals surface area contributed by atoms with Gasteiger partial charge in [-0.3, -0.25) is 9.69 Å². The SMILES string of the molecule is Cc1cc(C)c(C(=O)N2CCN(C(C#N)c3ccccc3)CC2)c(C)c1. The lowest BCUT2D eigenvalue weighted by atomic mass is 9.98. The average Bonchev–Trinajstić information content (AvgIpc) is 2.63. The molecule has 4 heteroatoms. The molecule has 1 fully saturated rings. The van der Waals surface area contributed by atoms with Crippen molar-refractivity contribution in [2.45, 2.75) is 26.8 Å². The van der Waals surface area contributed by atoms with Crippen molar-refractivity contribution in [2.24, 2.45) is 0 Å². The topological polar surface area (TPSA) is 47.3 Å². The molecule has 1 saturated heterocycles. The van der Waals surface area contributed by atoms with Gasteiger partial charge in [0.25, 0.3) is 5.91 Å². The molecule has 0 aliphatic carbocycles. The molecule has 1 amide bonds. The Balaban J connectivity index is 1.71. The molecule has 134 valence electrons. The molecule has 0 N–H and O–H groups in total. The van der Waals surface area contributed by atoms with Crippen molar-refractivity contribution in [3.63, 3.8) is 0 Å². The Morgan fingerprint density at radius 3 is 2.12 bits per heavy atom. The summed E-state index contributed by atoms with van der Waals surface area (Å²) in [5.74, 6) is 0.105. The highest BCUT2D eigenvalue weighted by atomic mass is 16.2. The Morgan fingerprint density at radius 2 is 1.58 bits per heavy atom. The van der Waals surface area contributed by atoms with Crippen LogP contribution >= 0.6 is 0 Å². The van der Waals surface area contributed by atoms with Gasteiger partial charge in [0.05, 0.1) is 6.07 Å². The summed E-state index contributed by atoms with van der Waals surface area (Å²) in [7, 11) is 0. The number of carbonyl (C=O) groups is 1. The molecule has 1 heterocycles. The van der Waals surface area contributed by atoms with Crippen LogP contribution in [0.3, 0.4) is 0 Å². The molecule has 0 saturated carbocycles. The first-order valence-electron chi connectivity index (χ1n) is 9.07. The first kappa shape index (κ1) is 18.2. The molecule has 2 aromatic rings. The number of carbonyl (C=O) groups excluding carboxylic acids is 1. The fraction of sp³-hybridized carbons (Fsp3) is 0.364. The summed E-state index contributed by atoms with van der Waals surface area (Å²) in [6, 6.07) is 16.2. The quantitative estimate of drug-likeness (QED) is 0.852. The highest BCUT2D eigenvalue weighted by Gasteiger charge is 2.28. The van der Waals surface area contributed by atoms with Crippen LogP contribution in [0, 0.1) is 32.1 Å². The molecule has 2 aromatic carbocycles. The van der Waals surface area contributed by atoms with Crippen molar-refractivity contribution in [3.8, 4) is 6.07 Å². The number of hydrogen-bond donors (Lipinski definition) is 0. The lowest BCUT2D eigenvalue weighted by Crippen LogP contribution is -2.49. The van der Waals surface area contributed by atoms with E-state index in [0.29, 0.717) is 26.2 Å². The number of piperazine rings is 1. The van der Waals surface area contributed by atoms with E-state index < -0.39 is 0 Å². The molecule has 4 nitrogen and oxygen atoms in total. The number of amides is 1. The number of nitrogens with zero attached hydrogens (tertiary/aromatic N) is 3. The van der Waals surface area contributed by atoms with E-state index in [9.17, 15) is 10.1 Å². The van der Waals surface area contributed by atoms with Gasteiger partial charge < -0.3 is 4.90 Å². The highest BCUT2D eigenvalue weighted by molar-refractivity contribution is 5.97. The summed E-state index contributed by atoms with van der Waals surface area (Å²) < 4.78 is 0. The minimum absolute atomic E-state index is 0.105. The number of hydrogen-bond acceptors (Lipinski definition) is 3. The monoisotopic (exact) mass is 347 g/mol. The zero-order valence-electron chi connectivity index (χ0n) is 15.7. The Hall–Kier alpha value is -2.64. The van der Waals surface area contributed by atoms with Gasteiger partial charge in [-0.1, -0.05) is 48.0 Å². The maximum Gasteiger partial charge on any atom is 0.254 e. The summed E-state index contributed by atoms with van der Waals surface area (Å²) in [5, 5.41) is 9.61. The second kappa shape index (κ2) is 7.72. The minimum Gasteiger partial charge on any atom is -0.336 e. The van der Waals surface area contributed by atoms with Gasteiger partial charge in [-0.25, -0.2) is 0 Å². The van der Waals surface area contributed by atoms with Crippen LogP contribution in [0.5, 0.6) is 0 Å². The van der Waals surface area contributed by atoms with E-state index in [2.05, 4.69) is 30.0 Å². The van der Waals surface area contributed by atoms with E-state index >= 15 is 0 Å². The number of aryl methyl sites for hydroxylation is 3. The molecular formula is C22H25N3O. The van der Waals surface area contributed by atoms with Gasteiger partial charge in [-0.15, -0.1) is 0 Å². The second-order valence-electron chi connectivity index (χ2n) is 7.04. The van der Waals surface area contributed by atoms with Gasteiger partial charge in [0.15, 0.2) is 0 Å². The molecule has 0 bridgehead atoms. The zero-order valence-corrected chi connectivity index (χ0v) is 15.7. The molecule has 1 unspecified atom stereocenters. The fourth-order valence-corrected chi connectivity index (χ4v) is 3.86. The smallest absolute Gasteiger partial charge is 0.254 e. The van der Waals surface area contributed by atoms with Crippen molar-refractivity contribution in [2.75, 3.05) is 26.2 Å². The second-order valence-corrected chi connectivity index (χ2v) is 7.04. The maximum atomic E-state index is 13.0. The van der Waals surface area contributed by atoms with Gasteiger partial charge in [0.1, 0.15) is 6.04 Å². The van der Waals surface area contributed by atoms with Crippen LogP contribution in [0.1, 0.15) is 38.7 Å². The molecule has 1 aliphatic rings. The van der Waals surface area contributed by atoms with Crippen molar-refractivity contribution in [1.29, 1.82) is 5.26 Å². The van der Waals surface area contributed by atoms with Crippen LogP contribution in [0.4, 0.5) is 0 Å². The number of rotatable bonds is 3. The van der Waals surface area contributed by atoms with E-state index in [1.807, 2.05) is 49.1 Å². The third-order valence-corrected chi connectivity index (χ3v) is 5.10. The van der Waals surface area contributed by atoms with Crippen LogP contribution in [-0.4, -0.2) is 41.9 Å². The lowest BCUT2D eigenvalue weighted by molar-refractivity contribution is 0.0605. The van der Waals surface area contributed by atoms with Crippen molar-refractivity contribution in [1.82, 2.24) is 9.80 Å². The first-order chi connectivity index (χ1) is 12.5. The van der Waals surface area contributed by atoms with Crippen LogP contribution < -0.4 is 0 Å². The van der Waals surface area contributed by atoms with E-state index in [0.717, 1.165) is 22.3 Å². The molecular weight excluding hydrogens is 322 g/mol. The van der Waals surface area contributed by atoms with Gasteiger partial charge in [0.2, 0.25) is 0 Å². The molecule has 3 rings (SSSR count). The molecule has 0 aromatic heterocycles. The van der Waals surface area contributed by atoms with Gasteiger partial charge in [-0.2, -0.15) is 5.26 Å². The number of benzene rings is 2. The van der Waals surface area contributed by atoms with Crippen molar-refractivity contribution in [3.05, 3.63) is 70.3 Å². The molecule has 1 atom stereocenters. The van der Waals surface area contributed by atoms with Crippen LogP contribution in [-0.2, 0) is 0 Å². The molecule has 26 heavy (non-hydrogen) atoms. The van der Waals surface area contributed by atoms with Gasteiger partial charge >= 0.3 is 0 Å². The fourth-order valence-electron chi connectivity index (χ4n) is 3.86. The van der Waals surface area contributed by atoms with E-state index in [1.165, 1.54) is 5.56 Å². The first-order valence-corrected chi connectivity index (χ1v) is 9.07. The average molecular weight is 347 g/mol. The molecule has 0 radical (unpaired) electrons. The predicted molar refractivity (Wildman–Crippen MR) is 103 cm³/mol. The zero-order chi connectivity index (χ0) is 18.7. The van der Waals surface area contributed by atoms with Crippen LogP contribution in [0.2, 0.25) is 0 Å². The van der Waals surface area contributed by atoms with Crippen molar-refractivity contribution < 1.29 is 4.79 Å². The molecule has 0 spiro atoms. The maximum absolute atomic E-state index is 13.0. The highest BCUT2D eigenvalue weighted by Crippen LogP contribution is 2.23. The van der Waals surface area contributed by atoms with Crippen LogP contribution in [0.15, 0.2) is 42.5 Å². The Kier molecular flexibility index (Phi) is 5.39. The normalized spacial score (nSPS) is 16.2. The van der Waals surface area contributed by atoms with E-state index in [1.54, 1.807) is 0 Å². The van der Waals surface area contributed by atoms with E-state index in [4.69, 9.17) is 0 Å². The largest absolute Gasteiger partial charge is 0.336 e. The standard InChI is InChI=1S/C22H25N3O/c1-16-13-17(2)21(18(3)14-16)22(26)25-11-9-24(10-12-25)20(15-23)19-7-5-4-6-8-19/h4-8,13-14,20H,9-12H2,1-3H3. The van der Waals surface area contributed by atoms with Crippen molar-refractivity contribution >= 4 is 5.91 Å². The summed E-state index contributed by atoms with van der Waals surface area (Å²) in [4.78, 5) is 17.1. The molecule has 1 aliphatic heterocycles. The predicted octanol–water partition coefficient (Wildman–Crippen LogP) is 3.63.